The van der Waals surface area contributed by atoms with Gasteiger partial charge in [0, 0.05) is 25.8 Å². The van der Waals surface area contributed by atoms with Gasteiger partial charge in [-0.1, -0.05) is 6.07 Å². The molecule has 0 atom stereocenters. The molecule has 1 saturated heterocycles. The zero-order valence-electron chi connectivity index (χ0n) is 11.8. The van der Waals surface area contributed by atoms with Gasteiger partial charge >= 0.3 is 0 Å². The normalized spacial score (nSPS) is 18.4. The lowest BCUT2D eigenvalue weighted by molar-refractivity contribution is 0.247. The molecule has 4 nitrogen and oxygen atoms in total. The molecule has 2 rings (SSSR count). The minimum Gasteiger partial charge on any atom is -0.330 e. The van der Waals surface area contributed by atoms with Crippen LogP contribution in [0.1, 0.15) is 25.0 Å². The van der Waals surface area contributed by atoms with Crippen molar-refractivity contribution in [3.8, 4) is 0 Å². The summed E-state index contributed by atoms with van der Waals surface area (Å²) in [5.41, 5.74) is 6.73. The number of hydrogen-bond donors (Lipinski definition) is 1. The fraction of sp³-hybridized carbons (Fsp3) is 0.667. The van der Waals surface area contributed by atoms with Gasteiger partial charge in [-0.2, -0.15) is 0 Å². The second-order valence-electron chi connectivity index (χ2n) is 5.29. The van der Waals surface area contributed by atoms with Gasteiger partial charge in [-0.05, 0) is 57.6 Å². The van der Waals surface area contributed by atoms with Crippen LogP contribution >= 0.6 is 0 Å². The summed E-state index contributed by atoms with van der Waals surface area (Å²) in [6, 6.07) is 6.16. The maximum atomic E-state index is 5.55. The standard InChI is InChI=1S/C15H26N4/c16-7-2-4-9-18-10-5-11-19(13-12-18)14-15-6-1-3-8-17-15/h1,3,6,8H,2,4-5,7,9-14,16H2. The van der Waals surface area contributed by atoms with Gasteiger partial charge in [-0.15, -0.1) is 0 Å². The van der Waals surface area contributed by atoms with Crippen molar-refractivity contribution in [1.82, 2.24) is 14.8 Å². The topological polar surface area (TPSA) is 45.4 Å². The molecule has 2 N–H and O–H groups in total. The Morgan fingerprint density at radius 3 is 2.68 bits per heavy atom. The van der Waals surface area contributed by atoms with Crippen LogP contribution in [0.25, 0.3) is 0 Å². The summed E-state index contributed by atoms with van der Waals surface area (Å²) in [5, 5.41) is 0. The molecule has 0 aromatic carbocycles. The molecule has 1 aromatic rings. The third-order valence-corrected chi connectivity index (χ3v) is 3.72. The molecule has 1 aromatic heterocycles. The summed E-state index contributed by atoms with van der Waals surface area (Å²) >= 11 is 0. The average molecular weight is 262 g/mol. The maximum absolute atomic E-state index is 5.55. The number of nitrogens with two attached hydrogens (primary N) is 1. The van der Waals surface area contributed by atoms with E-state index in [1.807, 2.05) is 12.3 Å². The van der Waals surface area contributed by atoms with Crippen molar-refractivity contribution in [3.05, 3.63) is 30.1 Å². The minimum absolute atomic E-state index is 0.819. The molecular weight excluding hydrogens is 236 g/mol. The van der Waals surface area contributed by atoms with Crippen LogP contribution in [0.2, 0.25) is 0 Å². The highest BCUT2D eigenvalue weighted by Crippen LogP contribution is 2.08. The molecule has 106 valence electrons. The van der Waals surface area contributed by atoms with Crippen molar-refractivity contribution in [1.29, 1.82) is 0 Å². The molecule has 1 fully saturated rings. The van der Waals surface area contributed by atoms with Crippen LogP contribution in [-0.4, -0.2) is 54.1 Å². The molecule has 0 aliphatic carbocycles. The van der Waals surface area contributed by atoms with Gasteiger partial charge in [0.2, 0.25) is 0 Å². The monoisotopic (exact) mass is 262 g/mol. The first-order valence-corrected chi connectivity index (χ1v) is 7.43. The van der Waals surface area contributed by atoms with E-state index in [0.717, 1.165) is 26.1 Å². The number of pyridine rings is 1. The molecular formula is C15H26N4. The van der Waals surface area contributed by atoms with Crippen molar-refractivity contribution < 1.29 is 0 Å². The molecule has 0 amide bonds. The van der Waals surface area contributed by atoms with Gasteiger partial charge in [-0.3, -0.25) is 9.88 Å². The van der Waals surface area contributed by atoms with E-state index < -0.39 is 0 Å². The Balaban J connectivity index is 1.74. The fourth-order valence-corrected chi connectivity index (χ4v) is 2.61. The predicted molar refractivity (Wildman–Crippen MR) is 78.9 cm³/mol. The van der Waals surface area contributed by atoms with Crippen LogP contribution < -0.4 is 5.73 Å². The lowest BCUT2D eigenvalue weighted by Crippen LogP contribution is -2.31. The highest BCUT2D eigenvalue weighted by atomic mass is 15.2. The average Bonchev–Trinajstić information content (AvgIpc) is 2.66. The van der Waals surface area contributed by atoms with Crippen LogP contribution in [-0.2, 0) is 6.54 Å². The SMILES string of the molecule is NCCCCN1CCCN(Cc2ccccn2)CC1. The van der Waals surface area contributed by atoms with Gasteiger partial charge < -0.3 is 10.6 Å². The Morgan fingerprint density at radius 1 is 1.05 bits per heavy atom. The van der Waals surface area contributed by atoms with Gasteiger partial charge in [-0.25, -0.2) is 0 Å². The Labute approximate surface area is 116 Å². The molecule has 0 bridgehead atoms. The molecule has 0 spiro atoms. The Kier molecular flexibility index (Phi) is 6.27. The first-order chi connectivity index (χ1) is 9.38. The molecule has 1 aliphatic heterocycles. The van der Waals surface area contributed by atoms with E-state index in [0.29, 0.717) is 0 Å². The van der Waals surface area contributed by atoms with Crippen molar-refractivity contribution >= 4 is 0 Å². The number of unbranched alkanes of at least 4 members (excludes halogenated alkanes) is 1. The number of nitrogens with zero attached hydrogens (tertiary/aromatic N) is 3. The number of aromatic nitrogens is 1. The first-order valence-electron chi connectivity index (χ1n) is 7.43. The van der Waals surface area contributed by atoms with Gasteiger partial charge in [0.1, 0.15) is 0 Å². The van der Waals surface area contributed by atoms with Crippen molar-refractivity contribution in [3.63, 3.8) is 0 Å². The van der Waals surface area contributed by atoms with Crippen LogP contribution in [0.5, 0.6) is 0 Å². The summed E-state index contributed by atoms with van der Waals surface area (Å²) in [4.78, 5) is 9.51. The van der Waals surface area contributed by atoms with Crippen molar-refractivity contribution in [2.45, 2.75) is 25.8 Å². The Hall–Kier alpha value is -0.970. The minimum atomic E-state index is 0.819. The molecule has 19 heavy (non-hydrogen) atoms. The summed E-state index contributed by atoms with van der Waals surface area (Å²) in [6.45, 7) is 7.75. The van der Waals surface area contributed by atoms with Crippen LogP contribution in [0, 0.1) is 0 Å². The zero-order chi connectivity index (χ0) is 13.3. The van der Waals surface area contributed by atoms with E-state index in [1.54, 1.807) is 0 Å². The summed E-state index contributed by atoms with van der Waals surface area (Å²) in [7, 11) is 0. The van der Waals surface area contributed by atoms with E-state index in [2.05, 4.69) is 26.9 Å². The van der Waals surface area contributed by atoms with Crippen molar-refractivity contribution in [2.24, 2.45) is 5.73 Å². The van der Waals surface area contributed by atoms with E-state index in [9.17, 15) is 0 Å². The fourth-order valence-electron chi connectivity index (χ4n) is 2.61. The second-order valence-corrected chi connectivity index (χ2v) is 5.29. The smallest absolute Gasteiger partial charge is 0.0543 e. The largest absolute Gasteiger partial charge is 0.330 e. The molecule has 0 radical (unpaired) electrons. The van der Waals surface area contributed by atoms with Gasteiger partial charge in [0.15, 0.2) is 0 Å². The van der Waals surface area contributed by atoms with E-state index >= 15 is 0 Å². The quantitative estimate of drug-likeness (QED) is 0.786. The second kappa shape index (κ2) is 8.25. The van der Waals surface area contributed by atoms with E-state index in [1.165, 1.54) is 44.7 Å². The van der Waals surface area contributed by atoms with Crippen molar-refractivity contribution in [2.75, 3.05) is 39.3 Å². The zero-order valence-corrected chi connectivity index (χ0v) is 11.8. The van der Waals surface area contributed by atoms with Crippen LogP contribution in [0.3, 0.4) is 0 Å². The highest BCUT2D eigenvalue weighted by molar-refractivity contribution is 5.03. The molecule has 4 heteroatoms. The predicted octanol–water partition coefficient (Wildman–Crippen LogP) is 1.33. The van der Waals surface area contributed by atoms with E-state index in [-0.39, 0.29) is 0 Å². The first kappa shape index (κ1) is 14.4. The lowest BCUT2D eigenvalue weighted by Gasteiger charge is -2.21. The summed E-state index contributed by atoms with van der Waals surface area (Å²) < 4.78 is 0. The molecule has 2 heterocycles. The number of rotatable bonds is 6. The molecule has 0 saturated carbocycles. The van der Waals surface area contributed by atoms with Gasteiger partial charge in [0.25, 0.3) is 0 Å². The van der Waals surface area contributed by atoms with Crippen LogP contribution in [0.15, 0.2) is 24.4 Å². The van der Waals surface area contributed by atoms with Gasteiger partial charge in [0.05, 0.1) is 5.69 Å². The Bertz CT molecular complexity index is 341. The Morgan fingerprint density at radius 2 is 1.89 bits per heavy atom. The highest BCUT2D eigenvalue weighted by Gasteiger charge is 2.14. The van der Waals surface area contributed by atoms with Crippen LogP contribution in [0.4, 0.5) is 0 Å². The molecule has 1 aliphatic rings. The lowest BCUT2D eigenvalue weighted by atomic mass is 10.3. The number of hydrogen-bond acceptors (Lipinski definition) is 4. The summed E-state index contributed by atoms with van der Waals surface area (Å²) in [5.74, 6) is 0. The third-order valence-electron chi connectivity index (χ3n) is 3.72. The summed E-state index contributed by atoms with van der Waals surface area (Å²) in [6.07, 6.45) is 5.52. The third kappa shape index (κ3) is 5.27. The maximum Gasteiger partial charge on any atom is 0.0543 e. The van der Waals surface area contributed by atoms with E-state index in [4.69, 9.17) is 5.73 Å². The molecule has 0 unspecified atom stereocenters.